The molecular formula is C22H23N3O. The number of rotatable bonds is 7. The van der Waals surface area contributed by atoms with E-state index < -0.39 is 0 Å². The number of nitrogens with one attached hydrogen (secondary N) is 1. The van der Waals surface area contributed by atoms with Crippen LogP contribution in [0.25, 0.3) is 0 Å². The largest absolute Gasteiger partial charge is 0.356 e. The van der Waals surface area contributed by atoms with E-state index in [1.807, 2.05) is 30.3 Å². The van der Waals surface area contributed by atoms with Crippen molar-refractivity contribution in [2.45, 2.75) is 25.7 Å². The molecule has 1 atom stereocenters. The van der Waals surface area contributed by atoms with Gasteiger partial charge >= 0.3 is 0 Å². The summed E-state index contributed by atoms with van der Waals surface area (Å²) in [5.41, 5.74) is 4.44. The number of hydrogen-bond donors (Lipinski definition) is 1. The Bertz CT molecular complexity index is 834. The fourth-order valence-corrected chi connectivity index (χ4v) is 3.12. The van der Waals surface area contributed by atoms with Gasteiger partial charge in [0.1, 0.15) is 0 Å². The second kappa shape index (κ2) is 8.90. The summed E-state index contributed by atoms with van der Waals surface area (Å²) in [6.07, 6.45) is 6.15. The van der Waals surface area contributed by atoms with Gasteiger partial charge in [0.15, 0.2) is 0 Å². The minimum atomic E-state index is 0.0472. The quantitative estimate of drug-likeness (QED) is 0.711. The standard InChI is InChI=1S/C22H23N3O/c1-17-7-5-6-10-20(17)21(18-8-3-2-4-9-18)15-22(26)25-12-11-19-16-23-13-14-24-19/h2-10,13-14,16,21H,11-12,15H2,1H3,(H,25,26)/t21-/m0/s1. The van der Waals surface area contributed by atoms with Gasteiger partial charge < -0.3 is 5.32 Å². The van der Waals surface area contributed by atoms with E-state index in [1.165, 1.54) is 11.1 Å². The number of hydrogen-bond acceptors (Lipinski definition) is 3. The summed E-state index contributed by atoms with van der Waals surface area (Å²) >= 11 is 0. The Kier molecular flexibility index (Phi) is 6.09. The first kappa shape index (κ1) is 17.8. The summed E-state index contributed by atoms with van der Waals surface area (Å²) in [4.78, 5) is 20.8. The fourth-order valence-electron chi connectivity index (χ4n) is 3.12. The Hall–Kier alpha value is -3.01. The zero-order valence-electron chi connectivity index (χ0n) is 14.9. The molecule has 4 heteroatoms. The molecule has 1 aromatic heterocycles. The second-order valence-electron chi connectivity index (χ2n) is 6.32. The van der Waals surface area contributed by atoms with Crippen LogP contribution >= 0.6 is 0 Å². The van der Waals surface area contributed by atoms with Gasteiger partial charge in [0.25, 0.3) is 0 Å². The molecule has 132 valence electrons. The van der Waals surface area contributed by atoms with Gasteiger partial charge in [-0.2, -0.15) is 0 Å². The van der Waals surface area contributed by atoms with E-state index in [-0.39, 0.29) is 11.8 Å². The SMILES string of the molecule is Cc1ccccc1[C@@H](CC(=O)NCCc1cnccn1)c1ccccc1. The minimum Gasteiger partial charge on any atom is -0.356 e. The van der Waals surface area contributed by atoms with Crippen LogP contribution in [0.1, 0.15) is 34.7 Å². The number of benzene rings is 2. The first-order valence-corrected chi connectivity index (χ1v) is 8.86. The summed E-state index contributed by atoms with van der Waals surface area (Å²) in [5, 5.41) is 3.01. The second-order valence-corrected chi connectivity index (χ2v) is 6.32. The maximum atomic E-state index is 12.6. The third kappa shape index (κ3) is 4.76. The predicted octanol–water partition coefficient (Wildman–Crippen LogP) is 3.67. The van der Waals surface area contributed by atoms with Crippen LogP contribution in [0.15, 0.2) is 73.2 Å². The average Bonchev–Trinajstić information content (AvgIpc) is 2.68. The van der Waals surface area contributed by atoms with Gasteiger partial charge in [0.2, 0.25) is 5.91 Å². The zero-order chi connectivity index (χ0) is 18.2. The third-order valence-electron chi connectivity index (χ3n) is 4.48. The lowest BCUT2D eigenvalue weighted by Crippen LogP contribution is -2.27. The van der Waals surface area contributed by atoms with E-state index in [4.69, 9.17) is 0 Å². The van der Waals surface area contributed by atoms with Crippen LogP contribution in [0.2, 0.25) is 0 Å². The molecule has 0 saturated carbocycles. The highest BCUT2D eigenvalue weighted by Gasteiger charge is 2.19. The van der Waals surface area contributed by atoms with Crippen LogP contribution in [0, 0.1) is 6.92 Å². The summed E-state index contributed by atoms with van der Waals surface area (Å²) in [5.74, 6) is 0.0971. The molecule has 0 aliphatic carbocycles. The lowest BCUT2D eigenvalue weighted by atomic mass is 9.86. The molecule has 0 saturated heterocycles. The smallest absolute Gasteiger partial charge is 0.220 e. The summed E-state index contributed by atoms with van der Waals surface area (Å²) < 4.78 is 0. The molecule has 0 radical (unpaired) electrons. The van der Waals surface area contributed by atoms with Crippen LogP contribution in [-0.2, 0) is 11.2 Å². The Labute approximate surface area is 154 Å². The van der Waals surface area contributed by atoms with Crippen molar-refractivity contribution in [3.63, 3.8) is 0 Å². The molecule has 0 bridgehead atoms. The van der Waals surface area contributed by atoms with Crippen LogP contribution in [0.4, 0.5) is 0 Å². The maximum absolute atomic E-state index is 12.6. The average molecular weight is 345 g/mol. The molecule has 0 aliphatic rings. The Morgan fingerprint density at radius 1 is 1.04 bits per heavy atom. The minimum absolute atomic E-state index is 0.0472. The fraction of sp³-hybridized carbons (Fsp3) is 0.227. The van der Waals surface area contributed by atoms with Gasteiger partial charge in [-0.1, -0.05) is 54.6 Å². The molecule has 3 rings (SSSR count). The first-order chi connectivity index (χ1) is 12.7. The van der Waals surface area contributed by atoms with E-state index >= 15 is 0 Å². The van der Waals surface area contributed by atoms with Crippen molar-refractivity contribution >= 4 is 5.91 Å². The molecule has 1 amide bonds. The van der Waals surface area contributed by atoms with Crippen molar-refractivity contribution < 1.29 is 4.79 Å². The Morgan fingerprint density at radius 2 is 1.81 bits per heavy atom. The van der Waals surface area contributed by atoms with Gasteiger partial charge in [-0.25, -0.2) is 0 Å². The van der Waals surface area contributed by atoms with Crippen molar-refractivity contribution in [1.29, 1.82) is 0 Å². The van der Waals surface area contributed by atoms with E-state index in [1.54, 1.807) is 18.6 Å². The normalized spacial score (nSPS) is 11.7. The van der Waals surface area contributed by atoms with Crippen LogP contribution in [0.3, 0.4) is 0 Å². The number of aromatic nitrogens is 2. The highest BCUT2D eigenvalue weighted by molar-refractivity contribution is 5.77. The Balaban J connectivity index is 1.68. The predicted molar refractivity (Wildman–Crippen MR) is 103 cm³/mol. The number of nitrogens with zero attached hydrogens (tertiary/aromatic N) is 2. The van der Waals surface area contributed by atoms with Crippen LogP contribution in [-0.4, -0.2) is 22.4 Å². The van der Waals surface area contributed by atoms with E-state index in [0.29, 0.717) is 19.4 Å². The summed E-state index contributed by atoms with van der Waals surface area (Å²) in [6, 6.07) is 18.5. The maximum Gasteiger partial charge on any atom is 0.220 e. The van der Waals surface area contributed by atoms with Gasteiger partial charge in [-0.05, 0) is 23.6 Å². The summed E-state index contributed by atoms with van der Waals surface area (Å²) in [7, 11) is 0. The molecule has 26 heavy (non-hydrogen) atoms. The zero-order valence-corrected chi connectivity index (χ0v) is 14.9. The molecule has 0 aliphatic heterocycles. The Morgan fingerprint density at radius 3 is 2.54 bits per heavy atom. The van der Waals surface area contributed by atoms with Crippen LogP contribution in [0.5, 0.6) is 0 Å². The molecule has 1 heterocycles. The van der Waals surface area contributed by atoms with Crippen molar-refractivity contribution in [2.24, 2.45) is 0 Å². The molecule has 0 unspecified atom stereocenters. The van der Waals surface area contributed by atoms with Gasteiger partial charge in [0, 0.05) is 43.9 Å². The lowest BCUT2D eigenvalue weighted by molar-refractivity contribution is -0.121. The first-order valence-electron chi connectivity index (χ1n) is 8.86. The van der Waals surface area contributed by atoms with Crippen molar-refractivity contribution in [2.75, 3.05) is 6.54 Å². The summed E-state index contributed by atoms with van der Waals surface area (Å²) in [6.45, 7) is 2.66. The lowest BCUT2D eigenvalue weighted by Gasteiger charge is -2.20. The van der Waals surface area contributed by atoms with E-state index in [2.05, 4.69) is 46.5 Å². The molecule has 2 aromatic carbocycles. The van der Waals surface area contributed by atoms with Crippen molar-refractivity contribution in [3.8, 4) is 0 Å². The molecule has 4 nitrogen and oxygen atoms in total. The number of carbonyl (C=O) groups excluding carboxylic acids is 1. The van der Waals surface area contributed by atoms with Gasteiger partial charge in [-0.15, -0.1) is 0 Å². The molecule has 0 fully saturated rings. The molecular weight excluding hydrogens is 322 g/mol. The van der Waals surface area contributed by atoms with E-state index in [0.717, 1.165) is 11.3 Å². The number of aryl methyl sites for hydroxylation is 1. The third-order valence-corrected chi connectivity index (χ3v) is 4.48. The van der Waals surface area contributed by atoms with Crippen molar-refractivity contribution in [3.05, 3.63) is 95.6 Å². The monoisotopic (exact) mass is 345 g/mol. The van der Waals surface area contributed by atoms with E-state index in [9.17, 15) is 4.79 Å². The van der Waals surface area contributed by atoms with Gasteiger partial charge in [-0.3, -0.25) is 14.8 Å². The highest BCUT2D eigenvalue weighted by atomic mass is 16.1. The molecule has 1 N–H and O–H groups in total. The van der Waals surface area contributed by atoms with Gasteiger partial charge in [0.05, 0.1) is 5.69 Å². The highest BCUT2D eigenvalue weighted by Crippen LogP contribution is 2.30. The topological polar surface area (TPSA) is 54.9 Å². The molecule has 3 aromatic rings. The number of amides is 1. The van der Waals surface area contributed by atoms with Crippen molar-refractivity contribution in [1.82, 2.24) is 15.3 Å². The molecule has 0 spiro atoms. The number of carbonyl (C=O) groups is 1. The van der Waals surface area contributed by atoms with Crippen LogP contribution < -0.4 is 5.32 Å².